The molecular weight excluding hydrogens is 150 g/mol. The third kappa shape index (κ3) is 3.01. The number of aliphatic hydroxyl groups excluding tert-OH is 1. The van der Waals surface area contributed by atoms with E-state index in [1.807, 2.05) is 26.1 Å². The molecule has 0 radical (unpaired) electrons. The highest BCUT2D eigenvalue weighted by atomic mass is 16.3. The summed E-state index contributed by atoms with van der Waals surface area (Å²) in [6.45, 7) is 3.78. The predicted molar refractivity (Wildman–Crippen MR) is 49.0 cm³/mol. The van der Waals surface area contributed by atoms with Gasteiger partial charge in [-0.25, -0.2) is 0 Å². The fraction of sp³-hybridized carbons (Fsp3) is 0.500. The van der Waals surface area contributed by atoms with Crippen LogP contribution in [-0.2, 0) is 6.42 Å². The zero-order valence-corrected chi connectivity index (χ0v) is 7.62. The van der Waals surface area contributed by atoms with Gasteiger partial charge in [0.1, 0.15) is 0 Å². The molecule has 0 fully saturated rings. The summed E-state index contributed by atoms with van der Waals surface area (Å²) in [5.74, 6) is 0. The molecule has 1 heterocycles. The van der Waals surface area contributed by atoms with Crippen LogP contribution in [0.1, 0.15) is 24.6 Å². The van der Waals surface area contributed by atoms with Crippen LogP contribution in [-0.4, -0.2) is 16.2 Å². The van der Waals surface area contributed by atoms with Crippen molar-refractivity contribution in [1.82, 2.24) is 4.98 Å². The highest BCUT2D eigenvalue weighted by Crippen LogP contribution is 2.04. The monoisotopic (exact) mass is 165 g/mol. The molecule has 2 nitrogen and oxygen atoms in total. The first-order chi connectivity index (χ1) is 5.68. The van der Waals surface area contributed by atoms with E-state index in [9.17, 15) is 0 Å². The van der Waals surface area contributed by atoms with Gasteiger partial charge in [-0.3, -0.25) is 4.98 Å². The van der Waals surface area contributed by atoms with E-state index in [-0.39, 0.29) is 6.10 Å². The van der Waals surface area contributed by atoms with Gasteiger partial charge >= 0.3 is 0 Å². The summed E-state index contributed by atoms with van der Waals surface area (Å²) in [4.78, 5) is 4.18. The molecule has 1 atom stereocenters. The van der Waals surface area contributed by atoms with Gasteiger partial charge in [0.15, 0.2) is 0 Å². The van der Waals surface area contributed by atoms with E-state index in [0.29, 0.717) is 0 Å². The van der Waals surface area contributed by atoms with Crippen molar-refractivity contribution < 1.29 is 5.11 Å². The van der Waals surface area contributed by atoms with Gasteiger partial charge in [-0.05, 0) is 38.3 Å². The van der Waals surface area contributed by atoms with Crippen molar-refractivity contribution in [3.05, 3.63) is 29.6 Å². The number of nitrogens with zero attached hydrogens (tertiary/aromatic N) is 1. The fourth-order valence-electron chi connectivity index (χ4n) is 1.02. The molecule has 1 rings (SSSR count). The van der Waals surface area contributed by atoms with Crippen molar-refractivity contribution >= 4 is 0 Å². The molecule has 66 valence electrons. The topological polar surface area (TPSA) is 33.1 Å². The molecule has 0 aliphatic carbocycles. The summed E-state index contributed by atoms with van der Waals surface area (Å²) in [7, 11) is 0. The zero-order valence-electron chi connectivity index (χ0n) is 7.62. The lowest BCUT2D eigenvalue weighted by molar-refractivity contribution is 0.185. The molecule has 0 spiro atoms. The third-order valence-electron chi connectivity index (χ3n) is 1.82. The average Bonchev–Trinajstić information content (AvgIpc) is 2.03. The lowest BCUT2D eigenvalue weighted by Gasteiger charge is -2.03. The first-order valence-electron chi connectivity index (χ1n) is 4.28. The van der Waals surface area contributed by atoms with Gasteiger partial charge in [0.25, 0.3) is 0 Å². The van der Waals surface area contributed by atoms with Crippen LogP contribution in [0.15, 0.2) is 18.3 Å². The van der Waals surface area contributed by atoms with Crippen LogP contribution in [0.4, 0.5) is 0 Å². The molecule has 0 amide bonds. The van der Waals surface area contributed by atoms with E-state index in [0.717, 1.165) is 18.5 Å². The summed E-state index contributed by atoms with van der Waals surface area (Å²) in [5, 5.41) is 9.05. The molecule has 0 aromatic carbocycles. The Balaban J connectivity index is 2.48. The van der Waals surface area contributed by atoms with Crippen LogP contribution in [0.25, 0.3) is 0 Å². The van der Waals surface area contributed by atoms with E-state index in [1.165, 1.54) is 5.56 Å². The number of hydrogen-bond donors (Lipinski definition) is 1. The maximum atomic E-state index is 9.05. The number of rotatable bonds is 3. The van der Waals surface area contributed by atoms with Gasteiger partial charge in [-0.2, -0.15) is 0 Å². The van der Waals surface area contributed by atoms with Crippen LogP contribution in [0.3, 0.4) is 0 Å². The van der Waals surface area contributed by atoms with Crippen molar-refractivity contribution in [2.75, 3.05) is 0 Å². The largest absolute Gasteiger partial charge is 0.393 e. The smallest absolute Gasteiger partial charge is 0.0515 e. The molecule has 0 saturated heterocycles. The fourth-order valence-corrected chi connectivity index (χ4v) is 1.02. The Morgan fingerprint density at radius 1 is 1.50 bits per heavy atom. The highest BCUT2D eigenvalue weighted by Gasteiger charge is 1.97. The van der Waals surface area contributed by atoms with Gasteiger partial charge in [0.05, 0.1) is 6.10 Å². The van der Waals surface area contributed by atoms with Crippen molar-refractivity contribution in [2.24, 2.45) is 0 Å². The molecule has 0 unspecified atom stereocenters. The second kappa shape index (κ2) is 4.21. The number of pyridine rings is 1. The minimum Gasteiger partial charge on any atom is -0.393 e. The molecule has 0 saturated carbocycles. The maximum Gasteiger partial charge on any atom is 0.0515 e. The molecule has 12 heavy (non-hydrogen) atoms. The molecular formula is C10H15NO. The standard InChI is InChI=1S/C10H15NO/c1-8-3-5-10(7-11-8)6-4-9(2)12/h3,5,7,9,12H,4,6H2,1-2H3/t9-/m0/s1. The first kappa shape index (κ1) is 9.20. The Kier molecular flexibility index (Phi) is 3.23. The molecule has 0 aliphatic rings. The lowest BCUT2D eigenvalue weighted by atomic mass is 10.1. The summed E-state index contributed by atoms with van der Waals surface area (Å²) >= 11 is 0. The molecule has 0 bridgehead atoms. The van der Waals surface area contributed by atoms with E-state index in [1.54, 1.807) is 0 Å². The van der Waals surface area contributed by atoms with Gasteiger partial charge in [0.2, 0.25) is 0 Å². The lowest BCUT2D eigenvalue weighted by Crippen LogP contribution is -2.01. The predicted octanol–water partition coefficient (Wildman–Crippen LogP) is 1.70. The molecule has 2 heteroatoms. The van der Waals surface area contributed by atoms with Gasteiger partial charge in [-0.15, -0.1) is 0 Å². The Hall–Kier alpha value is -0.890. The van der Waals surface area contributed by atoms with Crippen LogP contribution in [0, 0.1) is 6.92 Å². The Labute approximate surface area is 73.3 Å². The molecule has 1 N–H and O–H groups in total. The van der Waals surface area contributed by atoms with E-state index in [4.69, 9.17) is 5.11 Å². The highest BCUT2D eigenvalue weighted by molar-refractivity contribution is 5.13. The van der Waals surface area contributed by atoms with Gasteiger partial charge in [-0.1, -0.05) is 6.07 Å². The number of aryl methyl sites for hydroxylation is 2. The number of aliphatic hydroxyl groups is 1. The minimum absolute atomic E-state index is 0.216. The summed E-state index contributed by atoms with van der Waals surface area (Å²) in [5.41, 5.74) is 2.23. The average molecular weight is 165 g/mol. The minimum atomic E-state index is -0.216. The van der Waals surface area contributed by atoms with Crippen molar-refractivity contribution in [3.63, 3.8) is 0 Å². The van der Waals surface area contributed by atoms with Crippen LogP contribution in [0.5, 0.6) is 0 Å². The Bertz CT molecular complexity index is 228. The summed E-state index contributed by atoms with van der Waals surface area (Å²) < 4.78 is 0. The number of aromatic nitrogens is 1. The zero-order chi connectivity index (χ0) is 8.97. The summed E-state index contributed by atoms with van der Waals surface area (Å²) in [6.07, 6.45) is 3.37. The van der Waals surface area contributed by atoms with Crippen molar-refractivity contribution in [2.45, 2.75) is 32.8 Å². The van der Waals surface area contributed by atoms with Crippen LogP contribution < -0.4 is 0 Å². The first-order valence-corrected chi connectivity index (χ1v) is 4.28. The van der Waals surface area contributed by atoms with Crippen LogP contribution >= 0.6 is 0 Å². The van der Waals surface area contributed by atoms with E-state index < -0.39 is 0 Å². The van der Waals surface area contributed by atoms with E-state index >= 15 is 0 Å². The van der Waals surface area contributed by atoms with Crippen molar-refractivity contribution in [1.29, 1.82) is 0 Å². The van der Waals surface area contributed by atoms with E-state index in [2.05, 4.69) is 11.1 Å². The van der Waals surface area contributed by atoms with Gasteiger partial charge in [0, 0.05) is 11.9 Å². The Morgan fingerprint density at radius 3 is 2.75 bits per heavy atom. The second-order valence-corrected chi connectivity index (χ2v) is 3.20. The normalized spacial score (nSPS) is 12.9. The SMILES string of the molecule is Cc1ccc(CC[C@H](C)O)cn1. The summed E-state index contributed by atoms with van der Waals surface area (Å²) in [6, 6.07) is 4.06. The quantitative estimate of drug-likeness (QED) is 0.739. The van der Waals surface area contributed by atoms with Crippen LogP contribution in [0.2, 0.25) is 0 Å². The van der Waals surface area contributed by atoms with Gasteiger partial charge < -0.3 is 5.11 Å². The molecule has 1 aromatic rings. The molecule has 1 aromatic heterocycles. The molecule has 0 aliphatic heterocycles. The maximum absolute atomic E-state index is 9.05. The Morgan fingerprint density at radius 2 is 2.25 bits per heavy atom. The third-order valence-corrected chi connectivity index (χ3v) is 1.82. The number of hydrogen-bond acceptors (Lipinski definition) is 2. The second-order valence-electron chi connectivity index (χ2n) is 3.20. The van der Waals surface area contributed by atoms with Crippen molar-refractivity contribution in [3.8, 4) is 0 Å².